The van der Waals surface area contributed by atoms with Gasteiger partial charge in [0.1, 0.15) is 0 Å². The lowest BCUT2D eigenvalue weighted by molar-refractivity contribution is -0.137. The second-order valence-electron chi connectivity index (χ2n) is 7.36. The summed E-state index contributed by atoms with van der Waals surface area (Å²) in [6.45, 7) is 2.41. The molecule has 1 heterocycles. The molecule has 0 fully saturated rings. The summed E-state index contributed by atoms with van der Waals surface area (Å²) in [6.07, 6.45) is -3.73. The molecule has 2 amide bonds. The number of thioether (sulfide) groups is 1. The van der Waals surface area contributed by atoms with E-state index in [9.17, 15) is 22.8 Å². The fourth-order valence-corrected chi connectivity index (χ4v) is 3.95. The van der Waals surface area contributed by atoms with E-state index in [2.05, 4.69) is 10.3 Å². The molecule has 3 rings (SSSR count). The third kappa shape index (κ3) is 5.42. The molecule has 0 aliphatic carbocycles. The van der Waals surface area contributed by atoms with E-state index in [1.807, 2.05) is 6.92 Å². The lowest BCUT2D eigenvalue weighted by Crippen LogP contribution is -2.21. The summed E-state index contributed by atoms with van der Waals surface area (Å²) in [5.74, 6) is -0.382. The van der Waals surface area contributed by atoms with Gasteiger partial charge in [0.2, 0.25) is 5.91 Å². The number of carbonyl (C=O) groups excluding carboxylic acids is 2. The van der Waals surface area contributed by atoms with E-state index >= 15 is 0 Å². The number of nitrogens with zero attached hydrogens (tertiary/aromatic N) is 3. The number of imidazole rings is 1. The van der Waals surface area contributed by atoms with Crippen LogP contribution in [0.4, 0.5) is 18.9 Å². The number of anilines is 1. The molecular formula is C22H23F3N4O2S. The second kappa shape index (κ2) is 9.64. The van der Waals surface area contributed by atoms with E-state index in [0.717, 1.165) is 23.9 Å². The number of aryl methyl sites for hydroxylation is 1. The van der Waals surface area contributed by atoms with Crippen molar-refractivity contribution in [2.45, 2.75) is 31.2 Å². The molecule has 1 N–H and O–H groups in total. The van der Waals surface area contributed by atoms with Crippen LogP contribution in [0.15, 0.2) is 47.6 Å². The number of amides is 2. The van der Waals surface area contributed by atoms with E-state index < -0.39 is 11.7 Å². The standard InChI is InChI=1S/C22H23F3N4O2S/c1-4-11-29-18-12-15(22(23,24)25)7-10-17(18)27-21(29)32-13-19(30)26-16-8-5-14(6-9-16)20(31)28(2)3/h5-10,12H,4,11,13H2,1-3H3,(H,26,30). The molecule has 1 aromatic heterocycles. The summed E-state index contributed by atoms with van der Waals surface area (Å²) in [5.41, 5.74) is 1.17. The Morgan fingerprint density at radius 2 is 1.81 bits per heavy atom. The molecule has 0 saturated carbocycles. The predicted molar refractivity (Wildman–Crippen MR) is 119 cm³/mol. The minimum atomic E-state index is -4.44. The molecule has 0 saturated heterocycles. The molecule has 2 aromatic carbocycles. The zero-order chi connectivity index (χ0) is 23.5. The number of halogens is 3. The summed E-state index contributed by atoms with van der Waals surface area (Å²) in [6, 6.07) is 10.0. The Balaban J connectivity index is 1.71. The summed E-state index contributed by atoms with van der Waals surface area (Å²) in [7, 11) is 3.32. The van der Waals surface area contributed by atoms with Gasteiger partial charge in [-0.3, -0.25) is 9.59 Å². The van der Waals surface area contributed by atoms with E-state index in [0.29, 0.717) is 40.4 Å². The zero-order valence-electron chi connectivity index (χ0n) is 17.9. The van der Waals surface area contributed by atoms with Crippen LogP contribution in [0.2, 0.25) is 0 Å². The van der Waals surface area contributed by atoms with Crippen LogP contribution in [0, 0.1) is 0 Å². The van der Waals surface area contributed by atoms with Gasteiger partial charge < -0.3 is 14.8 Å². The quantitative estimate of drug-likeness (QED) is 0.505. The van der Waals surface area contributed by atoms with Crippen molar-refractivity contribution >= 4 is 40.3 Å². The SMILES string of the molecule is CCCn1c(SCC(=O)Nc2ccc(C(=O)N(C)C)cc2)nc2ccc(C(F)(F)F)cc21. The van der Waals surface area contributed by atoms with Crippen LogP contribution in [0.3, 0.4) is 0 Å². The van der Waals surface area contributed by atoms with Gasteiger partial charge in [-0.15, -0.1) is 0 Å². The largest absolute Gasteiger partial charge is 0.416 e. The molecule has 0 aliphatic heterocycles. The lowest BCUT2D eigenvalue weighted by atomic mass is 10.2. The maximum atomic E-state index is 13.1. The highest BCUT2D eigenvalue weighted by Crippen LogP contribution is 2.33. The fraction of sp³-hybridized carbons (Fsp3) is 0.318. The molecule has 170 valence electrons. The summed E-state index contributed by atoms with van der Waals surface area (Å²) >= 11 is 1.16. The van der Waals surface area contributed by atoms with Gasteiger partial charge in [0.05, 0.1) is 22.3 Å². The van der Waals surface area contributed by atoms with Gasteiger partial charge in [-0.05, 0) is 48.9 Å². The van der Waals surface area contributed by atoms with Crippen molar-refractivity contribution in [2.24, 2.45) is 0 Å². The topological polar surface area (TPSA) is 67.2 Å². The minimum Gasteiger partial charge on any atom is -0.345 e. The fourth-order valence-electron chi connectivity index (χ4n) is 3.11. The van der Waals surface area contributed by atoms with Crippen molar-refractivity contribution in [3.8, 4) is 0 Å². The van der Waals surface area contributed by atoms with Gasteiger partial charge in [0.25, 0.3) is 5.91 Å². The average molecular weight is 465 g/mol. The monoisotopic (exact) mass is 464 g/mol. The first-order valence-corrected chi connectivity index (χ1v) is 10.9. The number of aromatic nitrogens is 2. The third-order valence-corrected chi connectivity index (χ3v) is 5.62. The molecule has 0 atom stereocenters. The molecule has 3 aromatic rings. The van der Waals surface area contributed by atoms with E-state index in [-0.39, 0.29) is 17.6 Å². The van der Waals surface area contributed by atoms with Crippen LogP contribution in [0.5, 0.6) is 0 Å². The highest BCUT2D eigenvalue weighted by molar-refractivity contribution is 7.99. The number of hydrogen-bond donors (Lipinski definition) is 1. The van der Waals surface area contributed by atoms with Crippen LogP contribution >= 0.6 is 11.8 Å². The molecule has 0 spiro atoms. The molecule has 0 radical (unpaired) electrons. The molecule has 6 nitrogen and oxygen atoms in total. The van der Waals surface area contributed by atoms with Crippen molar-refractivity contribution in [1.82, 2.24) is 14.5 Å². The van der Waals surface area contributed by atoms with Gasteiger partial charge in [-0.25, -0.2) is 4.98 Å². The highest BCUT2D eigenvalue weighted by Gasteiger charge is 2.31. The van der Waals surface area contributed by atoms with Crippen LogP contribution in [0.25, 0.3) is 11.0 Å². The maximum Gasteiger partial charge on any atom is 0.416 e. The summed E-state index contributed by atoms with van der Waals surface area (Å²) < 4.78 is 41.0. The lowest BCUT2D eigenvalue weighted by Gasteiger charge is -2.11. The summed E-state index contributed by atoms with van der Waals surface area (Å²) in [5, 5.41) is 3.24. The summed E-state index contributed by atoms with van der Waals surface area (Å²) in [4.78, 5) is 30.2. The Kier molecular flexibility index (Phi) is 7.12. The van der Waals surface area contributed by atoms with E-state index in [1.165, 1.54) is 11.0 Å². The van der Waals surface area contributed by atoms with Crippen LogP contribution < -0.4 is 5.32 Å². The number of fused-ring (bicyclic) bond motifs is 1. The van der Waals surface area contributed by atoms with Gasteiger partial charge in [-0.2, -0.15) is 13.2 Å². The highest BCUT2D eigenvalue weighted by atomic mass is 32.2. The van der Waals surface area contributed by atoms with Crippen LogP contribution in [-0.2, 0) is 17.5 Å². The van der Waals surface area contributed by atoms with E-state index in [4.69, 9.17) is 0 Å². The van der Waals surface area contributed by atoms with Gasteiger partial charge in [-0.1, -0.05) is 18.7 Å². The second-order valence-corrected chi connectivity index (χ2v) is 8.30. The van der Waals surface area contributed by atoms with Crippen molar-refractivity contribution in [2.75, 3.05) is 25.2 Å². The number of carbonyl (C=O) groups is 2. The maximum absolute atomic E-state index is 13.1. The first kappa shape index (κ1) is 23.6. The Morgan fingerprint density at radius 3 is 2.41 bits per heavy atom. The van der Waals surface area contributed by atoms with Crippen LogP contribution in [-0.4, -0.2) is 46.1 Å². The predicted octanol–water partition coefficient (Wildman–Crippen LogP) is 4.90. The normalized spacial score (nSPS) is 11.6. The molecule has 0 bridgehead atoms. The molecule has 0 unspecified atom stereocenters. The molecule has 0 aliphatic rings. The number of hydrogen-bond acceptors (Lipinski definition) is 4. The number of rotatable bonds is 7. The van der Waals surface area contributed by atoms with Gasteiger partial charge in [0, 0.05) is 31.9 Å². The number of benzene rings is 2. The van der Waals surface area contributed by atoms with Gasteiger partial charge in [0.15, 0.2) is 5.16 Å². The Hall–Kier alpha value is -3.01. The van der Waals surface area contributed by atoms with E-state index in [1.54, 1.807) is 42.9 Å². The Morgan fingerprint density at radius 1 is 1.12 bits per heavy atom. The van der Waals surface area contributed by atoms with Crippen molar-refractivity contribution in [1.29, 1.82) is 0 Å². The Labute approximate surface area is 187 Å². The first-order chi connectivity index (χ1) is 15.1. The van der Waals surface area contributed by atoms with Crippen molar-refractivity contribution in [3.05, 3.63) is 53.6 Å². The zero-order valence-corrected chi connectivity index (χ0v) is 18.7. The van der Waals surface area contributed by atoms with Crippen molar-refractivity contribution in [3.63, 3.8) is 0 Å². The Bertz CT molecular complexity index is 1120. The smallest absolute Gasteiger partial charge is 0.345 e. The molecule has 32 heavy (non-hydrogen) atoms. The average Bonchev–Trinajstić information content (AvgIpc) is 3.08. The molecule has 10 heteroatoms. The van der Waals surface area contributed by atoms with Crippen LogP contribution in [0.1, 0.15) is 29.3 Å². The first-order valence-electron chi connectivity index (χ1n) is 9.92. The number of alkyl halides is 3. The van der Waals surface area contributed by atoms with Crippen molar-refractivity contribution < 1.29 is 22.8 Å². The third-order valence-electron chi connectivity index (χ3n) is 4.64. The van der Waals surface area contributed by atoms with Gasteiger partial charge >= 0.3 is 6.18 Å². The number of nitrogens with one attached hydrogen (secondary N) is 1. The molecular weight excluding hydrogens is 441 g/mol. The minimum absolute atomic E-state index is 0.0392.